The van der Waals surface area contributed by atoms with E-state index >= 15 is 0 Å². The highest BCUT2D eigenvalue weighted by Crippen LogP contribution is 2.58. The molecule has 0 N–H and O–H groups in total. The van der Waals surface area contributed by atoms with Crippen LogP contribution in [0.5, 0.6) is 0 Å². The van der Waals surface area contributed by atoms with Crippen molar-refractivity contribution in [3.05, 3.63) is 198 Å². The van der Waals surface area contributed by atoms with E-state index in [4.69, 9.17) is 0 Å². The van der Waals surface area contributed by atoms with E-state index in [-0.39, 0.29) is 10.8 Å². The zero-order valence-electron chi connectivity index (χ0n) is 31.5. The topological polar surface area (TPSA) is 3.24 Å². The summed E-state index contributed by atoms with van der Waals surface area (Å²) >= 11 is 0. The van der Waals surface area contributed by atoms with Gasteiger partial charge >= 0.3 is 0 Å². The fourth-order valence-corrected chi connectivity index (χ4v) is 10.8. The Morgan fingerprint density at radius 3 is 1.75 bits per heavy atom. The van der Waals surface area contributed by atoms with Crippen molar-refractivity contribution in [2.45, 2.75) is 50.4 Å². The second-order valence-electron chi connectivity index (χ2n) is 16.4. The Morgan fingerprint density at radius 2 is 0.964 bits per heavy atom. The molecule has 3 aliphatic rings. The molecule has 0 aromatic heterocycles. The second kappa shape index (κ2) is 12.2. The van der Waals surface area contributed by atoms with Crippen LogP contribution >= 0.6 is 0 Å². The summed E-state index contributed by atoms with van der Waals surface area (Å²) in [6.45, 7) is 4.76. The van der Waals surface area contributed by atoms with E-state index in [1.165, 1.54) is 115 Å². The number of hydrogen-bond acceptors (Lipinski definition) is 1. The van der Waals surface area contributed by atoms with Gasteiger partial charge < -0.3 is 4.90 Å². The highest BCUT2D eigenvalue weighted by atomic mass is 15.1. The van der Waals surface area contributed by atoms with Gasteiger partial charge in [-0.25, -0.2) is 0 Å². The number of anilines is 3. The van der Waals surface area contributed by atoms with Gasteiger partial charge in [-0.3, -0.25) is 0 Å². The molecule has 0 unspecified atom stereocenters. The molecule has 1 nitrogen and oxygen atoms in total. The first-order valence-electron chi connectivity index (χ1n) is 20.0. The van der Waals surface area contributed by atoms with E-state index in [2.05, 4.69) is 195 Å². The molecule has 264 valence electrons. The maximum absolute atomic E-state index is 2.53. The Balaban J connectivity index is 1.05. The lowest BCUT2D eigenvalue weighted by atomic mass is 9.76. The van der Waals surface area contributed by atoms with Crippen LogP contribution in [0.25, 0.3) is 55.3 Å². The van der Waals surface area contributed by atoms with Crippen LogP contribution in [0, 0.1) is 0 Å². The van der Waals surface area contributed by atoms with Crippen molar-refractivity contribution in [1.29, 1.82) is 0 Å². The number of fused-ring (bicyclic) bond motifs is 9. The van der Waals surface area contributed by atoms with Gasteiger partial charge in [0.25, 0.3) is 0 Å². The van der Waals surface area contributed by atoms with Gasteiger partial charge in [0.1, 0.15) is 0 Å². The molecule has 11 rings (SSSR count). The Morgan fingerprint density at radius 1 is 0.418 bits per heavy atom. The molecular formula is C54H43N. The largest absolute Gasteiger partial charge is 0.310 e. The summed E-state index contributed by atoms with van der Waals surface area (Å²) in [6.07, 6.45) is 5.00. The molecule has 1 fully saturated rings. The van der Waals surface area contributed by atoms with E-state index in [1.54, 1.807) is 0 Å². The van der Waals surface area contributed by atoms with Gasteiger partial charge in [0.15, 0.2) is 0 Å². The fraction of sp³-hybridized carbons (Fsp3) is 0.148. The van der Waals surface area contributed by atoms with Crippen LogP contribution in [0.3, 0.4) is 0 Å². The van der Waals surface area contributed by atoms with Crippen molar-refractivity contribution in [1.82, 2.24) is 0 Å². The van der Waals surface area contributed by atoms with Crippen molar-refractivity contribution < 1.29 is 0 Å². The second-order valence-corrected chi connectivity index (χ2v) is 16.4. The summed E-state index contributed by atoms with van der Waals surface area (Å²) in [5.41, 5.74) is 20.0. The van der Waals surface area contributed by atoms with E-state index in [0.717, 1.165) is 5.69 Å². The molecule has 0 atom stereocenters. The Bertz CT molecular complexity index is 2790. The smallest absolute Gasteiger partial charge is 0.0540 e. The molecule has 3 aliphatic carbocycles. The summed E-state index contributed by atoms with van der Waals surface area (Å²) in [4.78, 5) is 2.49. The maximum atomic E-state index is 2.53. The standard InChI is InChI=1S/C54H43N/c1-53(2)48-24-9-7-21-44(48)47-23-14-22-46(52(47)53)42-19-6-5-17-40(42)37-27-29-38(30-28-37)55(51-26-13-16-36-15-3-4-18-41(36)51)39-31-32-45-43-20-8-10-25-49(43)54(50(45)35-39)33-11-12-34-54/h3-10,13-32,35H,11-12,33-34H2,1-2H3. The monoisotopic (exact) mass is 705 g/mol. The van der Waals surface area contributed by atoms with Crippen LogP contribution < -0.4 is 4.90 Å². The van der Waals surface area contributed by atoms with Crippen LogP contribution in [0.15, 0.2) is 176 Å². The van der Waals surface area contributed by atoms with Crippen LogP contribution in [0.4, 0.5) is 17.1 Å². The molecule has 0 amide bonds. The minimum absolute atomic E-state index is 0.0905. The first-order valence-corrected chi connectivity index (χ1v) is 20.0. The predicted octanol–water partition coefficient (Wildman–Crippen LogP) is 14.8. The van der Waals surface area contributed by atoms with Crippen molar-refractivity contribution in [2.75, 3.05) is 4.90 Å². The lowest BCUT2D eigenvalue weighted by Gasteiger charge is -2.30. The first-order chi connectivity index (χ1) is 27.0. The maximum Gasteiger partial charge on any atom is 0.0540 e. The van der Waals surface area contributed by atoms with Crippen molar-refractivity contribution in [3.63, 3.8) is 0 Å². The molecule has 55 heavy (non-hydrogen) atoms. The third-order valence-corrected chi connectivity index (χ3v) is 13.2. The molecule has 1 spiro atoms. The van der Waals surface area contributed by atoms with Gasteiger partial charge in [-0.1, -0.05) is 172 Å². The van der Waals surface area contributed by atoms with Gasteiger partial charge in [-0.2, -0.15) is 0 Å². The zero-order chi connectivity index (χ0) is 36.7. The minimum atomic E-state index is -0.0905. The average Bonchev–Trinajstić information content (AvgIpc) is 3.91. The van der Waals surface area contributed by atoms with Crippen LogP contribution in [0.1, 0.15) is 61.8 Å². The van der Waals surface area contributed by atoms with Gasteiger partial charge in [0.2, 0.25) is 0 Å². The van der Waals surface area contributed by atoms with Crippen molar-refractivity contribution >= 4 is 27.8 Å². The number of hydrogen-bond donors (Lipinski definition) is 0. The lowest BCUT2D eigenvalue weighted by Crippen LogP contribution is -2.21. The van der Waals surface area contributed by atoms with Crippen LogP contribution in [0.2, 0.25) is 0 Å². The highest BCUT2D eigenvalue weighted by molar-refractivity contribution is 6.00. The Labute approximate surface area is 324 Å². The van der Waals surface area contributed by atoms with Crippen LogP contribution in [-0.2, 0) is 10.8 Å². The van der Waals surface area contributed by atoms with Gasteiger partial charge in [-0.15, -0.1) is 0 Å². The molecular weight excluding hydrogens is 663 g/mol. The Hall–Kier alpha value is -6.18. The van der Waals surface area contributed by atoms with E-state index in [9.17, 15) is 0 Å². The molecule has 0 aliphatic heterocycles. The molecule has 0 saturated heterocycles. The summed E-state index contributed by atoms with van der Waals surface area (Å²) < 4.78 is 0. The minimum Gasteiger partial charge on any atom is -0.310 e. The normalized spacial score (nSPS) is 15.5. The average molecular weight is 706 g/mol. The van der Waals surface area contributed by atoms with Gasteiger partial charge in [-0.05, 0) is 115 Å². The molecule has 0 heterocycles. The summed E-state index contributed by atoms with van der Waals surface area (Å²) in [7, 11) is 0. The number of benzene rings is 8. The molecule has 8 aromatic rings. The molecule has 0 bridgehead atoms. The SMILES string of the molecule is CC1(C)c2ccccc2-c2cccc(-c3ccccc3-c3ccc(N(c4ccc5c(c4)C4(CCCC4)c4ccccc4-5)c4cccc5ccccc45)cc3)c21. The van der Waals surface area contributed by atoms with E-state index in [0.29, 0.717) is 0 Å². The zero-order valence-corrected chi connectivity index (χ0v) is 31.5. The van der Waals surface area contributed by atoms with E-state index < -0.39 is 0 Å². The third-order valence-electron chi connectivity index (χ3n) is 13.2. The summed E-state index contributed by atoms with van der Waals surface area (Å²) in [5, 5.41) is 2.50. The Kier molecular flexibility index (Phi) is 7.14. The molecule has 1 saturated carbocycles. The molecule has 1 heteroatoms. The molecule has 8 aromatic carbocycles. The summed E-state index contributed by atoms with van der Waals surface area (Å²) in [6, 6.07) is 66.0. The summed E-state index contributed by atoms with van der Waals surface area (Å²) in [5.74, 6) is 0. The number of rotatable bonds is 5. The number of nitrogens with zero attached hydrogens (tertiary/aromatic N) is 1. The highest BCUT2D eigenvalue weighted by Gasteiger charge is 2.45. The predicted molar refractivity (Wildman–Crippen MR) is 232 cm³/mol. The van der Waals surface area contributed by atoms with Crippen molar-refractivity contribution in [3.8, 4) is 44.5 Å². The van der Waals surface area contributed by atoms with Gasteiger partial charge in [0.05, 0.1) is 5.69 Å². The third kappa shape index (κ3) is 4.72. The van der Waals surface area contributed by atoms with Gasteiger partial charge in [0, 0.05) is 27.6 Å². The van der Waals surface area contributed by atoms with Crippen molar-refractivity contribution in [2.24, 2.45) is 0 Å². The lowest BCUT2D eigenvalue weighted by molar-refractivity contribution is 0.550. The fourth-order valence-electron chi connectivity index (χ4n) is 10.8. The van der Waals surface area contributed by atoms with E-state index in [1.807, 2.05) is 0 Å². The quantitative estimate of drug-likeness (QED) is 0.172. The molecule has 0 radical (unpaired) electrons. The first kappa shape index (κ1) is 32.3. The van der Waals surface area contributed by atoms with Crippen LogP contribution in [-0.4, -0.2) is 0 Å².